The highest BCUT2D eigenvalue weighted by molar-refractivity contribution is 7.26. The molecule has 0 radical (unpaired) electrons. The zero-order valence-corrected chi connectivity index (χ0v) is 56.1. The molecule has 0 amide bonds. The van der Waals surface area contributed by atoms with Crippen molar-refractivity contribution in [2.24, 2.45) is 0 Å². The van der Waals surface area contributed by atoms with E-state index in [1.807, 2.05) is 23.5 Å². The molecule has 0 atom stereocenters. The summed E-state index contributed by atoms with van der Waals surface area (Å²) in [5, 5.41) is 15.0. The van der Waals surface area contributed by atoms with Gasteiger partial charge in [-0.1, -0.05) is 231 Å². The molecule has 6 heteroatoms. The Bertz CT molecular complexity index is 6710. The number of para-hydroxylation sites is 8. The lowest BCUT2D eigenvalue weighted by Crippen LogP contribution is -1.94. The number of fused-ring (bicyclic) bond motifs is 18. The summed E-state index contributed by atoms with van der Waals surface area (Å²) in [6.07, 6.45) is 0. The first kappa shape index (κ1) is 57.8. The van der Waals surface area contributed by atoms with E-state index in [1.165, 1.54) is 158 Å². The van der Waals surface area contributed by atoms with Gasteiger partial charge in [-0.25, -0.2) is 0 Å². The molecule has 22 rings (SSSR count). The van der Waals surface area contributed by atoms with Crippen LogP contribution in [-0.4, -0.2) is 18.3 Å². The first-order valence-electron chi connectivity index (χ1n) is 34.9. The Morgan fingerprint density at radius 3 is 1.00 bits per heavy atom. The van der Waals surface area contributed by atoms with Gasteiger partial charge in [-0.3, -0.25) is 0 Å². The highest BCUT2D eigenvalue weighted by Gasteiger charge is 2.21. The van der Waals surface area contributed by atoms with Gasteiger partial charge in [0.2, 0.25) is 0 Å². The van der Waals surface area contributed by atoms with Crippen LogP contribution in [0.2, 0.25) is 0 Å². The number of furan rings is 1. The Hall–Kier alpha value is -13.3. The molecule has 0 bridgehead atoms. The van der Waals surface area contributed by atoms with Crippen molar-refractivity contribution in [3.63, 3.8) is 0 Å². The second-order valence-electron chi connectivity index (χ2n) is 26.7. The van der Waals surface area contributed by atoms with Gasteiger partial charge in [-0.2, -0.15) is 0 Å². The van der Waals surface area contributed by atoms with E-state index >= 15 is 0 Å². The van der Waals surface area contributed by atoms with Gasteiger partial charge in [0, 0.05) is 102 Å². The van der Waals surface area contributed by atoms with Gasteiger partial charge in [0.25, 0.3) is 0 Å². The van der Waals surface area contributed by atoms with Crippen LogP contribution < -0.4 is 0 Å². The summed E-state index contributed by atoms with van der Waals surface area (Å²) in [7, 11) is 0. The molecule has 0 saturated heterocycles. The summed E-state index contributed by atoms with van der Waals surface area (Å²) in [5.41, 5.74) is 25.7. The molecular weight excluding hydrogens is 1260 g/mol. The van der Waals surface area contributed by atoms with Crippen molar-refractivity contribution >= 4 is 141 Å². The number of thiophene rings is 1. The largest absolute Gasteiger partial charge is 0.455 e. The standard InChI is InChI=1S/C48H30N2O.C48H30N2S/c2*1-2-13-34(14-3-1)49-43-21-7-4-16-37(43)41-29-31(24-26-45(41)49)32-25-27-46-42(30-32)38-17-5-8-22-44(38)50(46)35-15-10-12-33(28-35)36-19-11-20-40-39-18-6-9-23-47(39)51-48(36)40/h2*1-30H. The Labute approximate surface area is 590 Å². The van der Waals surface area contributed by atoms with Gasteiger partial charge in [0.15, 0.2) is 0 Å². The molecule has 0 N–H and O–H groups in total. The SMILES string of the molecule is c1ccc(-n2c3ccccc3c3cc(-c4ccc5c(c4)c4ccccc4n5-c4cccc(-c5cccc6c5oc5ccccc56)c4)ccc32)cc1.c1ccc(-n2c3ccccc3c3cc(-c4ccc5c(c4)c4ccccc4n5-c4cccc(-c5cccc6c5sc5ccccc56)c4)ccc32)cc1. The van der Waals surface area contributed by atoms with Crippen molar-refractivity contribution in [2.75, 3.05) is 0 Å². The van der Waals surface area contributed by atoms with Crippen LogP contribution in [0.25, 0.3) is 197 Å². The molecule has 102 heavy (non-hydrogen) atoms. The number of benzene rings is 16. The van der Waals surface area contributed by atoms with Crippen molar-refractivity contribution in [1.29, 1.82) is 0 Å². The molecule has 0 aliphatic carbocycles. The van der Waals surface area contributed by atoms with E-state index in [0.717, 1.165) is 38.8 Å². The van der Waals surface area contributed by atoms with Gasteiger partial charge in [0.05, 0.1) is 44.1 Å². The Kier molecular flexibility index (Phi) is 13.1. The quantitative estimate of drug-likeness (QED) is 0.149. The van der Waals surface area contributed by atoms with Crippen molar-refractivity contribution in [2.45, 2.75) is 0 Å². The van der Waals surface area contributed by atoms with Crippen LogP contribution in [-0.2, 0) is 0 Å². The Balaban J connectivity index is 0.000000133. The third kappa shape index (κ3) is 9.10. The summed E-state index contributed by atoms with van der Waals surface area (Å²) < 4.78 is 18.7. The predicted octanol–water partition coefficient (Wildman–Crippen LogP) is 26.7. The van der Waals surface area contributed by atoms with Crippen LogP contribution in [0.5, 0.6) is 0 Å². The molecule has 0 aliphatic heterocycles. The minimum Gasteiger partial charge on any atom is -0.455 e. The Morgan fingerprint density at radius 1 is 0.196 bits per heavy atom. The fourth-order valence-electron chi connectivity index (χ4n) is 16.5. The van der Waals surface area contributed by atoms with E-state index in [9.17, 15) is 0 Å². The molecular formula is C96H60N4OS. The van der Waals surface area contributed by atoms with E-state index in [-0.39, 0.29) is 0 Å². The lowest BCUT2D eigenvalue weighted by molar-refractivity contribution is 0.670. The molecule has 476 valence electrons. The van der Waals surface area contributed by atoms with Gasteiger partial charge >= 0.3 is 0 Å². The molecule has 0 unspecified atom stereocenters. The Morgan fingerprint density at radius 2 is 0.529 bits per heavy atom. The third-order valence-electron chi connectivity index (χ3n) is 21.0. The van der Waals surface area contributed by atoms with E-state index in [2.05, 4.69) is 370 Å². The van der Waals surface area contributed by atoms with Crippen molar-refractivity contribution in [3.05, 3.63) is 364 Å². The monoisotopic (exact) mass is 1320 g/mol. The zero-order valence-electron chi connectivity index (χ0n) is 55.2. The highest BCUT2D eigenvalue weighted by Crippen LogP contribution is 2.45. The number of hydrogen-bond donors (Lipinski definition) is 0. The average molecular weight is 1320 g/mol. The van der Waals surface area contributed by atoms with Crippen molar-refractivity contribution in [3.8, 4) is 67.3 Å². The van der Waals surface area contributed by atoms with Gasteiger partial charge in [-0.05, 0) is 172 Å². The van der Waals surface area contributed by atoms with E-state index in [0.29, 0.717) is 0 Å². The van der Waals surface area contributed by atoms with Gasteiger partial charge < -0.3 is 22.7 Å². The van der Waals surface area contributed by atoms with Gasteiger partial charge in [-0.15, -0.1) is 11.3 Å². The topological polar surface area (TPSA) is 32.9 Å². The molecule has 0 spiro atoms. The third-order valence-corrected chi connectivity index (χ3v) is 22.2. The second kappa shape index (κ2) is 23.2. The number of hydrogen-bond acceptors (Lipinski definition) is 2. The summed E-state index contributed by atoms with van der Waals surface area (Å²) >= 11 is 1.88. The summed E-state index contributed by atoms with van der Waals surface area (Å²) in [4.78, 5) is 0. The number of rotatable bonds is 8. The molecule has 0 saturated carbocycles. The first-order valence-corrected chi connectivity index (χ1v) is 35.7. The number of nitrogens with zero attached hydrogens (tertiary/aromatic N) is 4. The van der Waals surface area contributed by atoms with Crippen molar-refractivity contribution < 1.29 is 4.42 Å². The van der Waals surface area contributed by atoms with Gasteiger partial charge in [0.1, 0.15) is 11.2 Å². The molecule has 22 aromatic rings. The average Bonchev–Trinajstić information content (AvgIpc) is 1.62. The lowest BCUT2D eigenvalue weighted by atomic mass is 10.0. The van der Waals surface area contributed by atoms with Crippen LogP contribution in [0.3, 0.4) is 0 Å². The first-order chi connectivity index (χ1) is 50.6. The van der Waals surface area contributed by atoms with E-state index in [4.69, 9.17) is 4.42 Å². The molecule has 16 aromatic carbocycles. The smallest absolute Gasteiger partial charge is 0.143 e. The number of aromatic nitrogens is 4. The summed E-state index contributed by atoms with van der Waals surface area (Å²) in [6, 6.07) is 132. The van der Waals surface area contributed by atoms with Crippen LogP contribution >= 0.6 is 11.3 Å². The molecule has 0 aliphatic rings. The second-order valence-corrected chi connectivity index (χ2v) is 27.7. The fraction of sp³-hybridized carbons (Fsp3) is 0. The van der Waals surface area contributed by atoms with E-state index < -0.39 is 0 Å². The molecule has 5 nitrogen and oxygen atoms in total. The maximum absolute atomic E-state index is 6.43. The van der Waals surface area contributed by atoms with Crippen LogP contribution in [0, 0.1) is 0 Å². The summed E-state index contributed by atoms with van der Waals surface area (Å²) in [5.74, 6) is 0. The van der Waals surface area contributed by atoms with Crippen molar-refractivity contribution in [1.82, 2.24) is 18.3 Å². The van der Waals surface area contributed by atoms with E-state index in [1.54, 1.807) is 0 Å². The van der Waals surface area contributed by atoms with Crippen LogP contribution in [0.1, 0.15) is 0 Å². The summed E-state index contributed by atoms with van der Waals surface area (Å²) in [6.45, 7) is 0. The molecule has 6 heterocycles. The molecule has 0 fully saturated rings. The lowest BCUT2D eigenvalue weighted by Gasteiger charge is -2.11. The van der Waals surface area contributed by atoms with Crippen LogP contribution in [0.4, 0.5) is 0 Å². The zero-order chi connectivity index (χ0) is 66.9. The minimum atomic E-state index is 0.912. The minimum absolute atomic E-state index is 0.912. The normalized spacial score (nSPS) is 11.9. The maximum atomic E-state index is 6.43. The fourth-order valence-corrected chi connectivity index (χ4v) is 17.7. The highest BCUT2D eigenvalue weighted by atomic mass is 32.1. The molecule has 6 aromatic heterocycles. The maximum Gasteiger partial charge on any atom is 0.143 e. The van der Waals surface area contributed by atoms with Crippen LogP contribution in [0.15, 0.2) is 368 Å². The predicted molar refractivity (Wildman–Crippen MR) is 432 cm³/mol.